The van der Waals surface area contributed by atoms with E-state index in [4.69, 9.17) is 0 Å². The Hall–Kier alpha value is -3.35. The van der Waals surface area contributed by atoms with Gasteiger partial charge in [0.1, 0.15) is 11.6 Å². The second-order valence-corrected chi connectivity index (χ2v) is 5.62. The van der Waals surface area contributed by atoms with Crippen LogP contribution < -0.4 is 0 Å². The molecule has 0 unspecified atom stereocenters. The van der Waals surface area contributed by atoms with Crippen LogP contribution in [0.25, 0.3) is 22.2 Å². The molecule has 0 aliphatic heterocycles. The highest BCUT2D eigenvalue weighted by Gasteiger charge is 2.11. The molecule has 2 aromatic heterocycles. The van der Waals surface area contributed by atoms with Gasteiger partial charge in [0.2, 0.25) is 0 Å². The smallest absolute Gasteiger partial charge is 0.135 e. The molecule has 2 heterocycles. The zero-order valence-corrected chi connectivity index (χ0v) is 13.2. The maximum atomic E-state index is 14.3. The highest BCUT2D eigenvalue weighted by molar-refractivity contribution is 5.85. The van der Waals surface area contributed by atoms with Crippen molar-refractivity contribution in [2.24, 2.45) is 12.0 Å². The predicted molar refractivity (Wildman–Crippen MR) is 91.9 cm³/mol. The summed E-state index contributed by atoms with van der Waals surface area (Å²) in [4.78, 5) is 11.3. The van der Waals surface area contributed by atoms with Gasteiger partial charge in [0, 0.05) is 25.0 Å². The van der Waals surface area contributed by atoms with Gasteiger partial charge in [0.05, 0.1) is 34.8 Å². The van der Waals surface area contributed by atoms with E-state index in [1.165, 1.54) is 18.3 Å². The Morgan fingerprint density at radius 2 is 1.92 bits per heavy atom. The number of aliphatic imine (C=N–C) groups is 1. The van der Waals surface area contributed by atoms with Crippen molar-refractivity contribution in [1.29, 1.82) is 0 Å². The Kier molecular flexibility index (Phi) is 3.61. The van der Waals surface area contributed by atoms with Gasteiger partial charge in [-0.2, -0.15) is 5.10 Å². The standard InChI is InChI=1S/C18H13F2N5/c1-25-9-12(7-24-25)11-4-15(19)14(16(20)5-11)8-21-13-2-3-17-18(6-13)23-10-22-17/h2-10H,1H3,(H,22,23). The van der Waals surface area contributed by atoms with Crippen LogP contribution >= 0.6 is 0 Å². The van der Waals surface area contributed by atoms with Crippen LogP contribution in [0.3, 0.4) is 0 Å². The first-order chi connectivity index (χ1) is 12.1. The van der Waals surface area contributed by atoms with Gasteiger partial charge >= 0.3 is 0 Å². The third-order valence-electron chi connectivity index (χ3n) is 3.86. The maximum absolute atomic E-state index is 14.3. The Labute approximate surface area is 141 Å². The lowest BCUT2D eigenvalue weighted by atomic mass is 10.1. The Morgan fingerprint density at radius 3 is 2.64 bits per heavy atom. The van der Waals surface area contributed by atoms with Crippen molar-refractivity contribution in [2.75, 3.05) is 0 Å². The lowest BCUT2D eigenvalue weighted by Crippen LogP contribution is -1.95. The first kappa shape index (κ1) is 15.2. The average Bonchev–Trinajstić information content (AvgIpc) is 3.22. The van der Waals surface area contributed by atoms with E-state index >= 15 is 0 Å². The molecule has 124 valence electrons. The topological polar surface area (TPSA) is 58.9 Å². The second kappa shape index (κ2) is 5.94. The van der Waals surface area contributed by atoms with Crippen LogP contribution in [0.15, 0.2) is 54.0 Å². The third-order valence-corrected chi connectivity index (χ3v) is 3.86. The average molecular weight is 337 g/mol. The summed E-state index contributed by atoms with van der Waals surface area (Å²) < 4.78 is 30.2. The number of aromatic nitrogens is 4. The van der Waals surface area contributed by atoms with Crippen molar-refractivity contribution in [3.05, 3.63) is 66.3 Å². The van der Waals surface area contributed by atoms with Crippen LogP contribution in [0.4, 0.5) is 14.5 Å². The van der Waals surface area contributed by atoms with Gasteiger partial charge in [-0.25, -0.2) is 13.8 Å². The van der Waals surface area contributed by atoms with Gasteiger partial charge in [0.25, 0.3) is 0 Å². The predicted octanol–water partition coefficient (Wildman–Crippen LogP) is 3.99. The van der Waals surface area contributed by atoms with Crippen molar-refractivity contribution in [1.82, 2.24) is 19.7 Å². The molecule has 7 heteroatoms. The molecule has 0 aliphatic rings. The first-order valence-electron chi connectivity index (χ1n) is 7.55. The number of nitrogens with one attached hydrogen (secondary N) is 1. The quantitative estimate of drug-likeness (QED) is 0.575. The van der Waals surface area contributed by atoms with E-state index in [1.54, 1.807) is 42.6 Å². The number of halogens is 2. The number of aryl methyl sites for hydroxylation is 1. The summed E-state index contributed by atoms with van der Waals surface area (Å²) in [6.07, 6.45) is 6.02. The van der Waals surface area contributed by atoms with Crippen LogP contribution in [0, 0.1) is 11.6 Å². The lowest BCUT2D eigenvalue weighted by Gasteiger charge is -2.03. The molecule has 0 aliphatic carbocycles. The van der Waals surface area contributed by atoms with Crippen molar-refractivity contribution in [3.63, 3.8) is 0 Å². The zero-order valence-electron chi connectivity index (χ0n) is 13.2. The second-order valence-electron chi connectivity index (χ2n) is 5.62. The molecule has 0 radical (unpaired) electrons. The number of fused-ring (bicyclic) bond motifs is 1. The minimum Gasteiger partial charge on any atom is -0.345 e. The van der Waals surface area contributed by atoms with E-state index < -0.39 is 11.6 Å². The third kappa shape index (κ3) is 2.91. The molecule has 1 N–H and O–H groups in total. The van der Waals surface area contributed by atoms with E-state index in [0.29, 0.717) is 16.8 Å². The molecule has 0 saturated heterocycles. The fourth-order valence-corrected chi connectivity index (χ4v) is 2.58. The van der Waals surface area contributed by atoms with Crippen molar-refractivity contribution in [3.8, 4) is 11.1 Å². The molecule has 0 atom stereocenters. The zero-order chi connectivity index (χ0) is 17.4. The van der Waals surface area contributed by atoms with Crippen molar-refractivity contribution < 1.29 is 8.78 Å². The summed E-state index contributed by atoms with van der Waals surface area (Å²) in [6.45, 7) is 0. The number of hydrogen-bond donors (Lipinski definition) is 1. The fourth-order valence-electron chi connectivity index (χ4n) is 2.58. The molecule has 0 saturated carbocycles. The van der Waals surface area contributed by atoms with Crippen LogP contribution in [0.1, 0.15) is 5.56 Å². The van der Waals surface area contributed by atoms with E-state index in [9.17, 15) is 8.78 Å². The van der Waals surface area contributed by atoms with Crippen molar-refractivity contribution in [2.45, 2.75) is 0 Å². The molecule has 0 amide bonds. The van der Waals surface area contributed by atoms with Gasteiger partial charge in [0.15, 0.2) is 0 Å². The summed E-state index contributed by atoms with van der Waals surface area (Å²) in [5, 5.41) is 4.01. The van der Waals surface area contributed by atoms with E-state index in [1.807, 2.05) is 6.07 Å². The maximum Gasteiger partial charge on any atom is 0.135 e. The van der Waals surface area contributed by atoms with Gasteiger partial charge in [-0.1, -0.05) is 0 Å². The van der Waals surface area contributed by atoms with Gasteiger partial charge in [-0.3, -0.25) is 9.67 Å². The molecule has 2 aromatic carbocycles. The van der Waals surface area contributed by atoms with Crippen LogP contribution in [0.2, 0.25) is 0 Å². The number of aromatic amines is 1. The van der Waals surface area contributed by atoms with Crippen LogP contribution in [0.5, 0.6) is 0 Å². The number of imidazole rings is 1. The minimum absolute atomic E-state index is 0.185. The van der Waals surface area contributed by atoms with Crippen LogP contribution in [-0.2, 0) is 7.05 Å². The number of benzene rings is 2. The van der Waals surface area contributed by atoms with E-state index in [2.05, 4.69) is 20.1 Å². The number of rotatable bonds is 3. The Bertz CT molecular complexity index is 1070. The SMILES string of the molecule is Cn1cc(-c2cc(F)c(C=Nc3ccc4[nH]cnc4c3)c(F)c2)cn1. The lowest BCUT2D eigenvalue weighted by molar-refractivity contribution is 0.581. The summed E-state index contributed by atoms with van der Waals surface area (Å²) in [7, 11) is 1.74. The molecule has 4 rings (SSSR count). The normalized spacial score (nSPS) is 11.6. The summed E-state index contributed by atoms with van der Waals surface area (Å²) in [5.74, 6) is -1.35. The molecular weight excluding hydrogens is 324 g/mol. The summed E-state index contributed by atoms with van der Waals surface area (Å²) in [5.41, 5.74) is 3.06. The molecule has 0 bridgehead atoms. The van der Waals surface area contributed by atoms with Gasteiger partial charge < -0.3 is 4.98 Å². The number of H-pyrrole nitrogens is 1. The molecule has 5 nitrogen and oxygen atoms in total. The minimum atomic E-state index is -0.677. The van der Waals surface area contributed by atoms with Crippen molar-refractivity contribution >= 4 is 22.9 Å². The molecule has 4 aromatic rings. The Morgan fingerprint density at radius 1 is 1.12 bits per heavy atom. The fraction of sp³-hybridized carbons (Fsp3) is 0.0556. The van der Waals surface area contributed by atoms with Gasteiger partial charge in [-0.05, 0) is 35.9 Å². The van der Waals surface area contributed by atoms with Crippen LogP contribution in [-0.4, -0.2) is 26.0 Å². The van der Waals surface area contributed by atoms with E-state index in [0.717, 1.165) is 11.0 Å². The first-order valence-corrected chi connectivity index (χ1v) is 7.55. The number of nitrogens with zero attached hydrogens (tertiary/aromatic N) is 4. The van der Waals surface area contributed by atoms with E-state index in [-0.39, 0.29) is 5.56 Å². The molecule has 25 heavy (non-hydrogen) atoms. The largest absolute Gasteiger partial charge is 0.345 e. The van der Waals surface area contributed by atoms with Gasteiger partial charge in [-0.15, -0.1) is 0 Å². The Balaban J connectivity index is 1.67. The highest BCUT2D eigenvalue weighted by atomic mass is 19.1. The molecule has 0 fully saturated rings. The summed E-state index contributed by atoms with van der Waals surface area (Å²) in [6, 6.07) is 7.85. The monoisotopic (exact) mass is 337 g/mol. The summed E-state index contributed by atoms with van der Waals surface area (Å²) >= 11 is 0. The molecule has 0 spiro atoms. The highest BCUT2D eigenvalue weighted by Crippen LogP contribution is 2.24. The number of hydrogen-bond acceptors (Lipinski definition) is 3. The molecular formula is C18H13F2N5.